The third kappa shape index (κ3) is 2.22. The molecule has 4 rings (SSSR count). The third-order valence-electron chi connectivity index (χ3n) is 4.72. The Hall–Kier alpha value is -2.13. The first-order valence-electron chi connectivity index (χ1n) is 8.06. The number of hydrogen-bond acceptors (Lipinski definition) is 2. The number of para-hydroxylation sites is 1. The Labute approximate surface area is 131 Å². The van der Waals surface area contributed by atoms with Crippen molar-refractivity contribution in [3.8, 4) is 0 Å². The van der Waals surface area contributed by atoms with Crippen LogP contribution in [0.25, 0.3) is 10.9 Å². The molecular weight excluding hydrogens is 270 g/mol. The number of pyridine rings is 1. The summed E-state index contributed by atoms with van der Waals surface area (Å²) in [6.45, 7) is 4.52. The van der Waals surface area contributed by atoms with Crippen molar-refractivity contribution in [3.05, 3.63) is 65.6 Å². The monoisotopic (exact) mass is 291 g/mol. The van der Waals surface area contributed by atoms with E-state index in [2.05, 4.69) is 52.1 Å². The summed E-state index contributed by atoms with van der Waals surface area (Å²) in [4.78, 5) is 10.5. The van der Waals surface area contributed by atoms with Gasteiger partial charge in [-0.3, -0.25) is 9.88 Å². The summed E-state index contributed by atoms with van der Waals surface area (Å²) in [7, 11) is 0. The molecule has 112 valence electrons. The van der Waals surface area contributed by atoms with Gasteiger partial charge in [-0.25, -0.2) is 0 Å². The second kappa shape index (κ2) is 5.58. The minimum absolute atomic E-state index is 0.298. The van der Waals surface area contributed by atoms with Crippen molar-refractivity contribution in [1.82, 2.24) is 14.9 Å². The summed E-state index contributed by atoms with van der Waals surface area (Å²) in [6, 6.07) is 13.2. The Bertz CT molecular complexity index is 770. The van der Waals surface area contributed by atoms with Gasteiger partial charge in [0.05, 0.1) is 6.04 Å². The highest BCUT2D eigenvalue weighted by atomic mass is 15.2. The average Bonchev–Trinajstić information content (AvgIpc) is 3.18. The fourth-order valence-electron chi connectivity index (χ4n) is 3.75. The zero-order valence-electron chi connectivity index (χ0n) is 12.9. The molecule has 1 atom stereocenters. The van der Waals surface area contributed by atoms with Gasteiger partial charge in [0, 0.05) is 34.6 Å². The molecule has 0 aliphatic carbocycles. The number of aromatic amines is 1. The van der Waals surface area contributed by atoms with Gasteiger partial charge < -0.3 is 4.98 Å². The standard InChI is InChI=1S/C19H21N3/c1-14-18(16-8-2-3-9-17(16)21-14)19(22-11-4-5-12-22)15-7-6-10-20-13-15/h2-3,6-10,13,19,21H,4-5,11-12H2,1H3/t19-/m0/s1. The number of H-pyrrole nitrogens is 1. The fraction of sp³-hybridized carbons (Fsp3) is 0.316. The van der Waals surface area contributed by atoms with Gasteiger partial charge in [0.1, 0.15) is 0 Å². The summed E-state index contributed by atoms with van der Waals surface area (Å²) in [5.74, 6) is 0. The van der Waals surface area contributed by atoms with Gasteiger partial charge in [0.15, 0.2) is 0 Å². The number of likely N-dealkylation sites (tertiary alicyclic amines) is 1. The molecular formula is C19H21N3. The number of rotatable bonds is 3. The third-order valence-corrected chi connectivity index (χ3v) is 4.72. The van der Waals surface area contributed by atoms with Crippen molar-refractivity contribution in [2.75, 3.05) is 13.1 Å². The second-order valence-corrected chi connectivity index (χ2v) is 6.14. The number of aromatic nitrogens is 2. The van der Waals surface area contributed by atoms with Crippen LogP contribution in [0.5, 0.6) is 0 Å². The molecule has 3 aromatic rings. The predicted octanol–water partition coefficient (Wildman–Crippen LogP) is 4.06. The molecule has 1 fully saturated rings. The van der Waals surface area contributed by atoms with Gasteiger partial charge in [-0.15, -0.1) is 0 Å². The van der Waals surface area contributed by atoms with Crippen LogP contribution >= 0.6 is 0 Å². The van der Waals surface area contributed by atoms with E-state index in [1.807, 2.05) is 18.5 Å². The van der Waals surface area contributed by atoms with E-state index >= 15 is 0 Å². The lowest BCUT2D eigenvalue weighted by Gasteiger charge is -2.28. The molecule has 1 aromatic carbocycles. The maximum atomic E-state index is 4.36. The number of benzene rings is 1. The molecule has 1 aliphatic rings. The maximum absolute atomic E-state index is 4.36. The molecule has 22 heavy (non-hydrogen) atoms. The SMILES string of the molecule is Cc1[nH]c2ccccc2c1[C@H](c1cccnc1)N1CCCC1. The van der Waals surface area contributed by atoms with Crippen molar-refractivity contribution >= 4 is 10.9 Å². The van der Waals surface area contributed by atoms with Gasteiger partial charge in [-0.05, 0) is 50.6 Å². The summed E-state index contributed by atoms with van der Waals surface area (Å²) in [5, 5.41) is 1.33. The van der Waals surface area contributed by atoms with Crippen molar-refractivity contribution < 1.29 is 0 Å². The lowest BCUT2D eigenvalue weighted by molar-refractivity contribution is 0.281. The zero-order valence-corrected chi connectivity index (χ0v) is 12.9. The summed E-state index contributed by atoms with van der Waals surface area (Å²) in [5.41, 5.74) is 5.19. The van der Waals surface area contributed by atoms with E-state index in [9.17, 15) is 0 Å². The average molecular weight is 291 g/mol. The van der Waals surface area contributed by atoms with Crippen LogP contribution in [-0.4, -0.2) is 28.0 Å². The molecule has 0 bridgehead atoms. The minimum atomic E-state index is 0.298. The van der Waals surface area contributed by atoms with Gasteiger partial charge in [-0.2, -0.15) is 0 Å². The molecule has 0 spiro atoms. The second-order valence-electron chi connectivity index (χ2n) is 6.14. The number of nitrogens with zero attached hydrogens (tertiary/aromatic N) is 2. The highest BCUT2D eigenvalue weighted by molar-refractivity contribution is 5.85. The van der Waals surface area contributed by atoms with Crippen LogP contribution in [0.1, 0.15) is 35.7 Å². The molecule has 3 heterocycles. The molecule has 0 unspecified atom stereocenters. The predicted molar refractivity (Wildman–Crippen MR) is 89.9 cm³/mol. The number of hydrogen-bond donors (Lipinski definition) is 1. The molecule has 1 aliphatic heterocycles. The van der Waals surface area contributed by atoms with E-state index in [1.54, 1.807) is 0 Å². The fourth-order valence-corrected chi connectivity index (χ4v) is 3.75. The zero-order chi connectivity index (χ0) is 14.9. The first-order chi connectivity index (χ1) is 10.8. The van der Waals surface area contributed by atoms with Crippen LogP contribution in [0, 0.1) is 6.92 Å². The Balaban J connectivity index is 1.91. The molecule has 0 saturated carbocycles. The van der Waals surface area contributed by atoms with Crippen LogP contribution in [-0.2, 0) is 0 Å². The van der Waals surface area contributed by atoms with Crippen LogP contribution in [0.4, 0.5) is 0 Å². The van der Waals surface area contributed by atoms with Crippen LogP contribution < -0.4 is 0 Å². The van der Waals surface area contributed by atoms with Gasteiger partial charge in [0.2, 0.25) is 0 Å². The van der Waals surface area contributed by atoms with E-state index in [4.69, 9.17) is 0 Å². The van der Waals surface area contributed by atoms with Crippen LogP contribution in [0.2, 0.25) is 0 Å². The number of fused-ring (bicyclic) bond motifs is 1. The molecule has 0 radical (unpaired) electrons. The quantitative estimate of drug-likeness (QED) is 0.789. The van der Waals surface area contributed by atoms with Crippen molar-refractivity contribution in [2.24, 2.45) is 0 Å². The highest BCUT2D eigenvalue weighted by Crippen LogP contribution is 2.37. The molecule has 3 nitrogen and oxygen atoms in total. The van der Waals surface area contributed by atoms with Crippen molar-refractivity contribution in [3.63, 3.8) is 0 Å². The maximum Gasteiger partial charge on any atom is 0.0640 e. The van der Waals surface area contributed by atoms with Crippen LogP contribution in [0.15, 0.2) is 48.8 Å². The molecule has 3 heteroatoms. The smallest absolute Gasteiger partial charge is 0.0640 e. The Morgan fingerprint density at radius 1 is 1.09 bits per heavy atom. The lowest BCUT2D eigenvalue weighted by atomic mass is 9.96. The summed E-state index contributed by atoms with van der Waals surface area (Å²) < 4.78 is 0. The number of aryl methyl sites for hydroxylation is 1. The van der Waals surface area contributed by atoms with Gasteiger partial charge in [-0.1, -0.05) is 24.3 Å². The van der Waals surface area contributed by atoms with E-state index in [0.717, 1.165) is 0 Å². The van der Waals surface area contributed by atoms with Crippen LogP contribution in [0.3, 0.4) is 0 Å². The normalized spacial score (nSPS) is 17.1. The minimum Gasteiger partial charge on any atom is -0.358 e. The first-order valence-corrected chi connectivity index (χ1v) is 8.06. The molecule has 2 aromatic heterocycles. The van der Waals surface area contributed by atoms with E-state index < -0.39 is 0 Å². The van der Waals surface area contributed by atoms with E-state index in [-0.39, 0.29) is 0 Å². The summed E-state index contributed by atoms with van der Waals surface area (Å²) in [6.07, 6.45) is 6.45. The van der Waals surface area contributed by atoms with Crippen molar-refractivity contribution in [2.45, 2.75) is 25.8 Å². The largest absolute Gasteiger partial charge is 0.358 e. The molecule has 1 N–H and O–H groups in total. The first kappa shape index (κ1) is 13.5. The Morgan fingerprint density at radius 2 is 1.91 bits per heavy atom. The number of nitrogens with one attached hydrogen (secondary N) is 1. The molecule has 0 amide bonds. The van der Waals surface area contributed by atoms with E-state index in [0.29, 0.717) is 6.04 Å². The molecule has 1 saturated heterocycles. The Morgan fingerprint density at radius 3 is 2.68 bits per heavy atom. The van der Waals surface area contributed by atoms with Gasteiger partial charge >= 0.3 is 0 Å². The summed E-state index contributed by atoms with van der Waals surface area (Å²) >= 11 is 0. The van der Waals surface area contributed by atoms with Gasteiger partial charge in [0.25, 0.3) is 0 Å². The lowest BCUT2D eigenvalue weighted by Crippen LogP contribution is -2.27. The van der Waals surface area contributed by atoms with Crippen molar-refractivity contribution in [1.29, 1.82) is 0 Å². The highest BCUT2D eigenvalue weighted by Gasteiger charge is 2.28. The topological polar surface area (TPSA) is 31.9 Å². The Kier molecular flexibility index (Phi) is 3.43. The van der Waals surface area contributed by atoms with E-state index in [1.165, 1.54) is 53.7 Å².